The van der Waals surface area contributed by atoms with Crippen molar-refractivity contribution in [1.29, 1.82) is 0 Å². The first-order valence-corrected chi connectivity index (χ1v) is 35.9. The number of nitrogens with one attached hydrogen (secondary N) is 2. The monoisotopic (exact) mass is 1340 g/mol. The van der Waals surface area contributed by atoms with Gasteiger partial charge in [0.2, 0.25) is 11.8 Å². The summed E-state index contributed by atoms with van der Waals surface area (Å²) in [6.45, 7) is 1.65. The molecule has 2 amide bonds. The molecule has 8 unspecified atom stereocenters. The van der Waals surface area contributed by atoms with Crippen molar-refractivity contribution < 1.29 is 114 Å². The normalized spacial score (nSPS) is 32.4. The highest BCUT2D eigenvalue weighted by atomic mass is 16.8. The zero-order chi connectivity index (χ0) is 67.9. The first-order chi connectivity index (χ1) is 45.0. The van der Waals surface area contributed by atoms with E-state index in [1.165, 1.54) is 161 Å². The first kappa shape index (κ1) is 83.3. The third kappa shape index (κ3) is 29.7. The number of hydrogen-bond donors (Lipinski definition) is 15. The summed E-state index contributed by atoms with van der Waals surface area (Å²) in [5.74, 6) is -0.999. The van der Waals surface area contributed by atoms with Crippen molar-refractivity contribution >= 4 is 11.8 Å². The number of carbonyl (C=O) groups excluding carboxylic acids is 2. The van der Waals surface area contributed by atoms with Gasteiger partial charge < -0.3 is 115 Å². The lowest BCUT2D eigenvalue weighted by Crippen LogP contribution is -2.69. The zero-order valence-electron chi connectivity index (χ0n) is 56.3. The SMILES string of the molecule is CCCCCCCCCCCCC/C=C/[C@@H](O)[C@H](CO[C@@H]1OC(CO)[C@@H](O[C@@H]2OC(CO)[C@H](O[C@@H]3OC(CO)[C@H](O)[C@H](O[C@@H]4OC(CO)[C@@H](O)[C@H](O)C4NC(C)=O)C3O)[C@H](O)C2O)[C@H](O)C1O)NC(=O)CCCCCCCCCCCCCCCCCCCCCCC. The fraction of sp³-hybridized carbons (Fsp3) is 0.941. The standard InChI is InChI=1S/C68H126N2O23/c1-4-6-8-10-12-14-16-18-19-20-21-22-23-24-25-27-29-31-33-35-37-39-52(77)70-46(47(76)38-36-34-32-30-28-26-17-15-13-11-9-7-5-2)44-86-66-59(83)57(81)62(50(42-73)89-66)91-67-60(84)58(82)63(51(43-74)90-67)92-68-61(85)64(55(79)49(41-72)88-68)93-65-53(69-45(3)75)56(80)54(78)48(40-71)87-65/h36,38,46-51,53-68,71-74,76,78-85H,4-35,37,39-44H2,1-3H3,(H,69,75)(H,70,77)/b38-36+/t46-,47+,48?,49?,50?,51?,53?,54+,55-,56+,57+,58+,59?,60?,61?,62+,63-,64-,65-,66+,67-,68-/m0/s1. The average molecular weight is 1340 g/mol. The Bertz CT molecular complexity index is 1930. The molecule has 4 fully saturated rings. The maximum Gasteiger partial charge on any atom is 0.220 e. The fourth-order valence-corrected chi connectivity index (χ4v) is 12.8. The molecule has 0 radical (unpaired) electrons. The van der Waals surface area contributed by atoms with Crippen LogP contribution in [0.5, 0.6) is 0 Å². The summed E-state index contributed by atoms with van der Waals surface area (Å²) in [5.41, 5.74) is 0. The summed E-state index contributed by atoms with van der Waals surface area (Å²) in [7, 11) is 0. The van der Waals surface area contributed by atoms with E-state index < -0.39 is 174 Å². The summed E-state index contributed by atoms with van der Waals surface area (Å²) in [4.78, 5) is 25.5. The van der Waals surface area contributed by atoms with Crippen LogP contribution in [0.25, 0.3) is 0 Å². The summed E-state index contributed by atoms with van der Waals surface area (Å²) in [6, 6.07) is -2.53. The highest BCUT2D eigenvalue weighted by Gasteiger charge is 2.56. The molecule has 0 aromatic rings. The van der Waals surface area contributed by atoms with Gasteiger partial charge in [-0.25, -0.2) is 0 Å². The van der Waals surface area contributed by atoms with Gasteiger partial charge >= 0.3 is 0 Å². The highest BCUT2D eigenvalue weighted by molar-refractivity contribution is 5.76. The summed E-state index contributed by atoms with van der Waals surface area (Å²) < 4.78 is 46.5. The van der Waals surface area contributed by atoms with Crippen LogP contribution in [0.4, 0.5) is 0 Å². The van der Waals surface area contributed by atoms with Crippen molar-refractivity contribution in [2.45, 2.75) is 374 Å². The van der Waals surface area contributed by atoms with Gasteiger partial charge in [0.05, 0.1) is 45.2 Å². The largest absolute Gasteiger partial charge is 0.394 e. The molecule has 4 saturated heterocycles. The number of rotatable bonds is 51. The predicted molar refractivity (Wildman–Crippen MR) is 345 cm³/mol. The van der Waals surface area contributed by atoms with Crippen molar-refractivity contribution in [2.24, 2.45) is 0 Å². The zero-order valence-corrected chi connectivity index (χ0v) is 56.3. The Morgan fingerprint density at radius 2 is 0.785 bits per heavy atom. The van der Waals surface area contributed by atoms with Crippen LogP contribution in [0, 0.1) is 0 Å². The molecular weight excluding hydrogens is 1210 g/mol. The molecule has 0 saturated carbocycles. The highest BCUT2D eigenvalue weighted by Crippen LogP contribution is 2.35. The van der Waals surface area contributed by atoms with Crippen molar-refractivity contribution in [3.8, 4) is 0 Å². The van der Waals surface area contributed by atoms with Gasteiger partial charge in [0.1, 0.15) is 97.6 Å². The summed E-state index contributed by atoms with van der Waals surface area (Å²) >= 11 is 0. The minimum Gasteiger partial charge on any atom is -0.394 e. The summed E-state index contributed by atoms with van der Waals surface area (Å²) in [6.07, 6.45) is 8.46. The molecular formula is C68H126N2O23. The molecule has 4 rings (SSSR count). The average Bonchev–Trinajstić information content (AvgIpc) is 1.36. The maximum absolute atomic E-state index is 13.4. The predicted octanol–water partition coefficient (Wildman–Crippen LogP) is 4.12. The van der Waals surface area contributed by atoms with Gasteiger partial charge in [-0.2, -0.15) is 0 Å². The molecule has 93 heavy (non-hydrogen) atoms. The van der Waals surface area contributed by atoms with Crippen LogP contribution in [0.1, 0.15) is 239 Å². The second-order valence-corrected chi connectivity index (χ2v) is 26.4. The maximum atomic E-state index is 13.4. The van der Waals surface area contributed by atoms with Crippen LogP contribution in [-0.2, 0) is 47.5 Å². The molecule has 15 N–H and O–H groups in total. The van der Waals surface area contributed by atoms with Gasteiger partial charge in [-0.1, -0.05) is 219 Å². The molecule has 22 atom stereocenters. The number of carbonyl (C=O) groups is 2. The van der Waals surface area contributed by atoms with Crippen LogP contribution in [0.15, 0.2) is 12.2 Å². The van der Waals surface area contributed by atoms with Crippen molar-refractivity contribution in [3.05, 3.63) is 12.2 Å². The number of allylic oxidation sites excluding steroid dienone is 1. The molecule has 4 aliphatic rings. The van der Waals surface area contributed by atoms with E-state index in [4.69, 9.17) is 37.9 Å². The molecule has 546 valence electrons. The number of hydrogen-bond acceptors (Lipinski definition) is 23. The van der Waals surface area contributed by atoms with Crippen LogP contribution in [-0.4, -0.2) is 246 Å². The lowest BCUT2D eigenvalue weighted by Gasteiger charge is -2.49. The van der Waals surface area contributed by atoms with Crippen LogP contribution in [0.3, 0.4) is 0 Å². The van der Waals surface area contributed by atoms with E-state index in [1.807, 2.05) is 6.08 Å². The second kappa shape index (κ2) is 48.6. The number of amides is 2. The molecule has 25 heteroatoms. The molecule has 0 aromatic carbocycles. The minimum atomic E-state index is -2.10. The minimum absolute atomic E-state index is 0.219. The van der Waals surface area contributed by atoms with Crippen molar-refractivity contribution in [2.75, 3.05) is 33.0 Å². The Morgan fingerprint density at radius 3 is 1.23 bits per heavy atom. The number of aliphatic hydroxyl groups is 13. The van der Waals surface area contributed by atoms with Gasteiger partial charge in [0, 0.05) is 13.3 Å². The van der Waals surface area contributed by atoms with Crippen LogP contribution < -0.4 is 10.6 Å². The van der Waals surface area contributed by atoms with Gasteiger partial charge in [-0.15, -0.1) is 0 Å². The summed E-state index contributed by atoms with van der Waals surface area (Å²) in [5, 5.41) is 148. The van der Waals surface area contributed by atoms with Crippen molar-refractivity contribution in [1.82, 2.24) is 10.6 Å². The van der Waals surface area contributed by atoms with Gasteiger partial charge in [-0.3, -0.25) is 9.59 Å². The molecule has 4 heterocycles. The Kier molecular flexibility index (Phi) is 43.5. The molecule has 0 aliphatic carbocycles. The third-order valence-corrected chi connectivity index (χ3v) is 18.6. The van der Waals surface area contributed by atoms with Gasteiger partial charge in [0.15, 0.2) is 25.2 Å². The Labute approximate surface area is 553 Å². The molecule has 25 nitrogen and oxygen atoms in total. The lowest BCUT2D eigenvalue weighted by molar-refractivity contribution is -0.386. The number of ether oxygens (including phenoxy) is 8. The van der Waals surface area contributed by atoms with E-state index in [2.05, 4.69) is 24.5 Å². The Hall–Kier alpha value is -2.16. The lowest BCUT2D eigenvalue weighted by atomic mass is 9.95. The van der Waals surface area contributed by atoms with Crippen LogP contribution >= 0.6 is 0 Å². The smallest absolute Gasteiger partial charge is 0.220 e. The molecule has 0 bridgehead atoms. The van der Waals surface area contributed by atoms with E-state index in [9.17, 15) is 76.0 Å². The van der Waals surface area contributed by atoms with Crippen LogP contribution in [0.2, 0.25) is 0 Å². The molecule has 0 aromatic heterocycles. The van der Waals surface area contributed by atoms with E-state index in [0.29, 0.717) is 12.8 Å². The van der Waals surface area contributed by atoms with E-state index >= 15 is 0 Å². The van der Waals surface area contributed by atoms with Gasteiger partial charge in [-0.05, 0) is 19.3 Å². The number of aliphatic hydroxyl groups excluding tert-OH is 13. The van der Waals surface area contributed by atoms with E-state index in [1.54, 1.807) is 6.08 Å². The quantitative estimate of drug-likeness (QED) is 0.0301. The molecule has 4 aliphatic heterocycles. The number of unbranched alkanes of at least 4 members (excludes halogenated alkanes) is 31. The van der Waals surface area contributed by atoms with E-state index in [0.717, 1.165) is 45.4 Å². The Balaban J connectivity index is 1.29. The Morgan fingerprint density at radius 1 is 0.419 bits per heavy atom. The van der Waals surface area contributed by atoms with Gasteiger partial charge in [0.25, 0.3) is 0 Å². The van der Waals surface area contributed by atoms with Crippen molar-refractivity contribution in [3.63, 3.8) is 0 Å². The third-order valence-electron chi connectivity index (χ3n) is 18.6. The first-order valence-electron chi connectivity index (χ1n) is 35.9. The second-order valence-electron chi connectivity index (χ2n) is 26.4. The van der Waals surface area contributed by atoms with E-state index in [-0.39, 0.29) is 12.3 Å². The molecule has 0 spiro atoms. The topological polar surface area (TPSA) is 395 Å². The fourth-order valence-electron chi connectivity index (χ4n) is 12.8.